The molecule has 3 nitrogen and oxygen atoms in total. The largest absolute Gasteiger partial charge is 0.481 e. The number of carboxylic acids is 1. The highest BCUT2D eigenvalue weighted by Gasteiger charge is 2.29. The summed E-state index contributed by atoms with van der Waals surface area (Å²) < 4.78 is 0.142. The molecule has 0 radical (unpaired) electrons. The van der Waals surface area contributed by atoms with Crippen LogP contribution in [0.5, 0.6) is 0 Å². The van der Waals surface area contributed by atoms with E-state index in [2.05, 4.69) is 28.6 Å². The van der Waals surface area contributed by atoms with E-state index in [4.69, 9.17) is 0 Å². The summed E-state index contributed by atoms with van der Waals surface area (Å²) in [4.78, 5) is 23.1. The van der Waals surface area contributed by atoms with Crippen LogP contribution in [0.25, 0.3) is 0 Å². The lowest BCUT2D eigenvalue weighted by atomic mass is 9.91. The summed E-state index contributed by atoms with van der Waals surface area (Å²) in [6.45, 7) is 3.36. The first-order valence-electron chi connectivity index (χ1n) is 5.93. The Bertz CT molecular complexity index is 463. The molecule has 0 saturated carbocycles. The van der Waals surface area contributed by atoms with E-state index < -0.39 is 16.6 Å². The van der Waals surface area contributed by atoms with E-state index in [9.17, 15) is 14.7 Å². The zero-order valence-electron chi connectivity index (χ0n) is 10.9. The van der Waals surface area contributed by atoms with Gasteiger partial charge in [0.2, 0.25) is 0 Å². The number of thiol groups is 1. The van der Waals surface area contributed by atoms with Crippen molar-refractivity contribution in [3.05, 3.63) is 34.3 Å². The summed E-state index contributed by atoms with van der Waals surface area (Å²) in [5.41, 5.74) is 0.903. The van der Waals surface area contributed by atoms with E-state index in [0.717, 1.165) is 10.0 Å². The number of benzene rings is 1. The second kappa shape index (κ2) is 6.57. The SMILES string of the molecule is CC(C)(S)C(=O)CC(Cc1ccc(Br)cc1)C(=O)O. The van der Waals surface area contributed by atoms with Crippen molar-refractivity contribution in [2.24, 2.45) is 5.92 Å². The fourth-order valence-electron chi connectivity index (χ4n) is 1.63. The van der Waals surface area contributed by atoms with E-state index in [1.54, 1.807) is 13.8 Å². The summed E-state index contributed by atoms with van der Waals surface area (Å²) in [6, 6.07) is 7.43. The van der Waals surface area contributed by atoms with Gasteiger partial charge in [0.1, 0.15) is 5.78 Å². The average Bonchev–Trinajstić information content (AvgIpc) is 2.29. The molecule has 0 aliphatic heterocycles. The number of carboxylic acid groups (broad SMARTS) is 1. The Morgan fingerprint density at radius 2 is 1.84 bits per heavy atom. The van der Waals surface area contributed by atoms with Gasteiger partial charge in [0, 0.05) is 10.9 Å². The number of aliphatic carboxylic acids is 1. The molecular formula is C14H17BrO3S. The molecule has 5 heteroatoms. The minimum absolute atomic E-state index is 0.00188. The molecule has 0 amide bonds. The number of carbonyl (C=O) groups is 2. The third-order valence-corrected chi connectivity index (χ3v) is 3.64. The number of rotatable bonds is 6. The van der Waals surface area contributed by atoms with Crippen molar-refractivity contribution in [3.8, 4) is 0 Å². The Hall–Kier alpha value is -0.810. The molecule has 0 aliphatic carbocycles. The van der Waals surface area contributed by atoms with Crippen LogP contribution in [0.2, 0.25) is 0 Å². The zero-order chi connectivity index (χ0) is 14.6. The molecule has 0 heterocycles. The molecule has 0 spiro atoms. The van der Waals surface area contributed by atoms with Crippen LogP contribution in [0.3, 0.4) is 0 Å². The predicted octanol–water partition coefficient (Wildman–Crippen LogP) is 3.36. The van der Waals surface area contributed by atoms with E-state index in [1.807, 2.05) is 24.3 Å². The predicted molar refractivity (Wildman–Crippen MR) is 81.7 cm³/mol. The van der Waals surface area contributed by atoms with Gasteiger partial charge in [-0.1, -0.05) is 28.1 Å². The molecule has 1 atom stereocenters. The van der Waals surface area contributed by atoms with Crippen LogP contribution in [0.4, 0.5) is 0 Å². The van der Waals surface area contributed by atoms with Gasteiger partial charge in [-0.05, 0) is 38.0 Å². The summed E-state index contributed by atoms with van der Waals surface area (Å²) >= 11 is 7.51. The molecule has 1 aromatic rings. The number of Topliss-reactive ketones (excluding diaryl/α,β-unsaturated/α-hetero) is 1. The van der Waals surface area contributed by atoms with Gasteiger partial charge in [0.15, 0.2) is 0 Å². The van der Waals surface area contributed by atoms with Gasteiger partial charge in [0.25, 0.3) is 0 Å². The van der Waals surface area contributed by atoms with E-state index in [0.29, 0.717) is 6.42 Å². The molecule has 1 rings (SSSR count). The van der Waals surface area contributed by atoms with Crippen molar-refractivity contribution in [3.63, 3.8) is 0 Å². The van der Waals surface area contributed by atoms with Crippen LogP contribution in [0, 0.1) is 5.92 Å². The highest BCUT2D eigenvalue weighted by molar-refractivity contribution is 9.10. The molecule has 0 saturated heterocycles. The summed E-state index contributed by atoms with van der Waals surface area (Å²) in [7, 11) is 0. The Labute approximate surface area is 126 Å². The molecule has 19 heavy (non-hydrogen) atoms. The topological polar surface area (TPSA) is 54.4 Å². The van der Waals surface area contributed by atoms with Crippen LogP contribution in [-0.4, -0.2) is 21.6 Å². The summed E-state index contributed by atoms with van der Waals surface area (Å²) in [5, 5.41) is 9.22. The lowest BCUT2D eigenvalue weighted by Crippen LogP contribution is -2.30. The number of ketones is 1. The maximum Gasteiger partial charge on any atom is 0.307 e. The van der Waals surface area contributed by atoms with Crippen LogP contribution < -0.4 is 0 Å². The third kappa shape index (κ3) is 5.37. The van der Waals surface area contributed by atoms with Gasteiger partial charge < -0.3 is 5.11 Å². The summed E-state index contributed by atoms with van der Waals surface area (Å²) in [6.07, 6.45) is 0.347. The van der Waals surface area contributed by atoms with E-state index in [1.165, 1.54) is 0 Å². The van der Waals surface area contributed by atoms with Crippen LogP contribution in [-0.2, 0) is 16.0 Å². The first-order chi connectivity index (χ1) is 8.70. The first-order valence-corrected chi connectivity index (χ1v) is 7.17. The molecule has 1 unspecified atom stereocenters. The fraction of sp³-hybridized carbons (Fsp3) is 0.429. The number of hydrogen-bond acceptors (Lipinski definition) is 3. The maximum atomic E-state index is 11.9. The Kier molecular flexibility index (Phi) is 5.62. The standard InChI is InChI=1S/C14H17BrO3S/c1-14(2,19)12(16)8-10(13(17)18)7-9-3-5-11(15)6-4-9/h3-6,10,19H,7-8H2,1-2H3,(H,17,18). The van der Waals surface area contributed by atoms with Crippen molar-refractivity contribution < 1.29 is 14.7 Å². The fourth-order valence-corrected chi connectivity index (χ4v) is 1.98. The van der Waals surface area contributed by atoms with E-state index in [-0.39, 0.29) is 12.2 Å². The molecule has 0 aromatic heterocycles. The Morgan fingerprint density at radius 1 is 1.32 bits per heavy atom. The van der Waals surface area contributed by atoms with Gasteiger partial charge in [0.05, 0.1) is 10.7 Å². The minimum Gasteiger partial charge on any atom is -0.481 e. The highest BCUT2D eigenvalue weighted by atomic mass is 79.9. The molecule has 0 fully saturated rings. The van der Waals surface area contributed by atoms with Crippen LogP contribution in [0.1, 0.15) is 25.8 Å². The molecule has 104 valence electrons. The van der Waals surface area contributed by atoms with E-state index >= 15 is 0 Å². The van der Waals surface area contributed by atoms with Crippen molar-refractivity contribution >= 4 is 40.3 Å². The number of halogens is 1. The Morgan fingerprint density at radius 3 is 2.26 bits per heavy atom. The third-order valence-electron chi connectivity index (χ3n) is 2.86. The molecule has 1 N–H and O–H groups in total. The second-order valence-corrected chi connectivity index (χ2v) is 7.09. The first kappa shape index (κ1) is 16.2. The van der Waals surface area contributed by atoms with Crippen LogP contribution >= 0.6 is 28.6 Å². The van der Waals surface area contributed by atoms with Gasteiger partial charge in [-0.25, -0.2) is 0 Å². The zero-order valence-corrected chi connectivity index (χ0v) is 13.4. The molecular weight excluding hydrogens is 328 g/mol. The normalized spacial score (nSPS) is 13.1. The van der Waals surface area contributed by atoms with Crippen LogP contribution in [0.15, 0.2) is 28.7 Å². The van der Waals surface area contributed by atoms with Gasteiger partial charge >= 0.3 is 5.97 Å². The van der Waals surface area contributed by atoms with Crippen molar-refractivity contribution in [1.82, 2.24) is 0 Å². The van der Waals surface area contributed by atoms with Crippen molar-refractivity contribution in [2.45, 2.75) is 31.4 Å². The van der Waals surface area contributed by atoms with Gasteiger partial charge in [-0.15, -0.1) is 0 Å². The smallest absolute Gasteiger partial charge is 0.307 e. The molecule has 0 bridgehead atoms. The number of hydrogen-bond donors (Lipinski definition) is 2. The van der Waals surface area contributed by atoms with Crippen molar-refractivity contribution in [2.75, 3.05) is 0 Å². The Balaban J connectivity index is 2.77. The van der Waals surface area contributed by atoms with Gasteiger partial charge in [-0.2, -0.15) is 12.6 Å². The monoisotopic (exact) mass is 344 g/mol. The number of carbonyl (C=O) groups excluding carboxylic acids is 1. The van der Waals surface area contributed by atoms with Crippen molar-refractivity contribution in [1.29, 1.82) is 0 Å². The minimum atomic E-state index is -0.950. The average molecular weight is 345 g/mol. The lowest BCUT2D eigenvalue weighted by Gasteiger charge is -2.19. The quantitative estimate of drug-likeness (QED) is 0.778. The second-order valence-electron chi connectivity index (χ2n) is 5.05. The summed E-state index contributed by atoms with van der Waals surface area (Å²) in [5.74, 6) is -1.81. The highest BCUT2D eigenvalue weighted by Crippen LogP contribution is 2.22. The molecule has 0 aliphatic rings. The molecule has 1 aromatic carbocycles. The van der Waals surface area contributed by atoms with Gasteiger partial charge in [-0.3, -0.25) is 9.59 Å². The maximum absolute atomic E-state index is 11.9. The lowest BCUT2D eigenvalue weighted by molar-refractivity contribution is -0.143.